The summed E-state index contributed by atoms with van der Waals surface area (Å²) in [5, 5.41) is 2.91. The van der Waals surface area contributed by atoms with E-state index in [4.69, 9.17) is 9.97 Å². The monoisotopic (exact) mass is 454 g/mol. The fourth-order valence-electron chi connectivity index (χ4n) is 3.75. The highest BCUT2D eigenvalue weighted by atomic mass is 32.2. The van der Waals surface area contributed by atoms with Crippen LogP contribution in [0.25, 0.3) is 21.6 Å². The minimum atomic E-state index is -3.88. The van der Waals surface area contributed by atoms with Crippen LogP contribution in [0.1, 0.15) is 0 Å². The van der Waals surface area contributed by atoms with Crippen LogP contribution in [0.2, 0.25) is 0 Å². The molecule has 1 aliphatic heterocycles. The molecule has 0 amide bonds. The summed E-state index contributed by atoms with van der Waals surface area (Å²) < 4.78 is 41.3. The summed E-state index contributed by atoms with van der Waals surface area (Å²) in [6.07, 6.45) is 0. The summed E-state index contributed by atoms with van der Waals surface area (Å²) in [6.45, 7) is 1.42. The van der Waals surface area contributed by atoms with E-state index in [0.717, 1.165) is 21.6 Å². The molecule has 1 saturated heterocycles. The Kier molecular flexibility index (Phi) is 5.17. The molecule has 0 aliphatic carbocycles. The van der Waals surface area contributed by atoms with Gasteiger partial charge in [-0.3, -0.25) is 0 Å². The number of rotatable bonds is 4. The Morgan fingerprint density at radius 2 is 1.61 bits per heavy atom. The third-order valence-electron chi connectivity index (χ3n) is 5.32. The second kappa shape index (κ2) is 7.99. The number of sulfonamides is 1. The van der Waals surface area contributed by atoms with Gasteiger partial charge in [-0.1, -0.05) is 30.3 Å². The number of halogens is 1. The van der Waals surface area contributed by atoms with E-state index in [-0.39, 0.29) is 18.0 Å². The lowest BCUT2D eigenvalue weighted by Gasteiger charge is -2.35. The summed E-state index contributed by atoms with van der Waals surface area (Å²) in [5.41, 5.74) is 0.845. The van der Waals surface area contributed by atoms with Crippen LogP contribution in [0.5, 0.6) is 0 Å². The summed E-state index contributed by atoms with van der Waals surface area (Å²) in [6, 6.07) is 17.3. The fourth-order valence-corrected chi connectivity index (χ4v) is 5.89. The Balaban J connectivity index is 1.45. The molecule has 0 spiro atoms. The van der Waals surface area contributed by atoms with Crippen LogP contribution in [-0.4, -0.2) is 48.9 Å². The van der Waals surface area contributed by atoms with Gasteiger partial charge >= 0.3 is 0 Å². The molecule has 2 aromatic heterocycles. The number of nitrogens with zero attached hydrogens (tertiary/aromatic N) is 4. The van der Waals surface area contributed by atoms with E-state index in [1.54, 1.807) is 11.3 Å². The average Bonchev–Trinajstić information content (AvgIpc) is 3.34. The number of hydrogen-bond acceptors (Lipinski definition) is 6. The molecule has 1 fully saturated rings. The van der Waals surface area contributed by atoms with E-state index < -0.39 is 15.8 Å². The van der Waals surface area contributed by atoms with Gasteiger partial charge in [-0.2, -0.15) is 4.31 Å². The van der Waals surface area contributed by atoms with E-state index in [9.17, 15) is 12.8 Å². The van der Waals surface area contributed by atoms with Gasteiger partial charge in [0, 0.05) is 31.6 Å². The average molecular weight is 455 g/mol. The zero-order valence-corrected chi connectivity index (χ0v) is 18.1. The lowest BCUT2D eigenvalue weighted by atomic mass is 10.2. The maximum absolute atomic E-state index is 14.1. The number of piperazine rings is 1. The zero-order valence-electron chi connectivity index (χ0n) is 16.5. The van der Waals surface area contributed by atoms with Gasteiger partial charge in [0.05, 0.1) is 10.4 Å². The molecule has 4 aromatic rings. The molecule has 0 saturated carbocycles. The van der Waals surface area contributed by atoms with Crippen LogP contribution in [0, 0.1) is 5.82 Å². The molecule has 0 radical (unpaired) electrons. The van der Waals surface area contributed by atoms with Crippen molar-refractivity contribution in [2.45, 2.75) is 4.90 Å². The topological polar surface area (TPSA) is 66.4 Å². The number of para-hydroxylation sites is 1. The quantitative estimate of drug-likeness (QED) is 0.466. The van der Waals surface area contributed by atoms with Crippen molar-refractivity contribution in [3.05, 3.63) is 71.9 Å². The number of hydrogen-bond donors (Lipinski definition) is 0. The van der Waals surface area contributed by atoms with Crippen molar-refractivity contribution in [3.63, 3.8) is 0 Å². The summed E-state index contributed by atoms with van der Waals surface area (Å²) in [5.74, 6) is 0.717. The molecular formula is C22H19FN4O2S2. The minimum Gasteiger partial charge on any atom is -0.353 e. The van der Waals surface area contributed by atoms with E-state index >= 15 is 0 Å². The van der Waals surface area contributed by atoms with Crippen LogP contribution in [0.4, 0.5) is 10.2 Å². The van der Waals surface area contributed by atoms with E-state index in [0.29, 0.717) is 18.9 Å². The third-order valence-corrected chi connectivity index (χ3v) is 8.12. The first-order chi connectivity index (χ1) is 15.0. The zero-order chi connectivity index (χ0) is 21.4. The first-order valence-electron chi connectivity index (χ1n) is 9.84. The molecule has 0 N–H and O–H groups in total. The van der Waals surface area contributed by atoms with Crippen LogP contribution >= 0.6 is 11.3 Å². The number of anilines is 1. The number of benzene rings is 2. The fraction of sp³-hybridized carbons (Fsp3) is 0.182. The molecular weight excluding hydrogens is 435 g/mol. The third kappa shape index (κ3) is 3.69. The van der Waals surface area contributed by atoms with Crippen molar-refractivity contribution in [3.8, 4) is 10.7 Å². The largest absolute Gasteiger partial charge is 0.353 e. The predicted molar refractivity (Wildman–Crippen MR) is 120 cm³/mol. The highest BCUT2D eigenvalue weighted by Gasteiger charge is 2.31. The lowest BCUT2D eigenvalue weighted by molar-refractivity contribution is 0.381. The Labute approximate surface area is 183 Å². The molecule has 31 heavy (non-hydrogen) atoms. The van der Waals surface area contributed by atoms with Gasteiger partial charge < -0.3 is 4.90 Å². The van der Waals surface area contributed by atoms with Gasteiger partial charge in [0.15, 0.2) is 5.82 Å². The first kappa shape index (κ1) is 20.0. The Bertz CT molecular complexity index is 1330. The molecule has 0 atom stereocenters. The van der Waals surface area contributed by atoms with Crippen LogP contribution in [-0.2, 0) is 10.0 Å². The van der Waals surface area contributed by atoms with Gasteiger partial charge in [-0.15, -0.1) is 11.3 Å². The van der Waals surface area contributed by atoms with Crippen LogP contribution in [0.15, 0.2) is 70.9 Å². The molecule has 6 nitrogen and oxygen atoms in total. The number of thiophene rings is 1. The highest BCUT2D eigenvalue weighted by Crippen LogP contribution is 2.30. The maximum Gasteiger partial charge on any atom is 0.246 e. The van der Waals surface area contributed by atoms with Crippen molar-refractivity contribution < 1.29 is 12.8 Å². The second-order valence-corrected chi connectivity index (χ2v) is 10.0. The predicted octanol–water partition coefficient (Wildman–Crippen LogP) is 4.01. The summed E-state index contributed by atoms with van der Waals surface area (Å²) in [7, 11) is -3.88. The molecule has 1 aliphatic rings. The van der Waals surface area contributed by atoms with Crippen molar-refractivity contribution in [2.24, 2.45) is 0 Å². The molecule has 158 valence electrons. The normalized spacial score (nSPS) is 15.5. The molecule has 9 heteroatoms. The number of fused-ring (bicyclic) bond motifs is 1. The smallest absolute Gasteiger partial charge is 0.246 e. The van der Waals surface area contributed by atoms with Gasteiger partial charge in [0.2, 0.25) is 10.0 Å². The molecule has 3 heterocycles. The second-order valence-electron chi connectivity index (χ2n) is 7.19. The van der Waals surface area contributed by atoms with Gasteiger partial charge in [-0.05, 0) is 35.7 Å². The molecule has 2 aromatic carbocycles. The van der Waals surface area contributed by atoms with E-state index in [1.165, 1.54) is 28.6 Å². The Morgan fingerprint density at radius 3 is 2.35 bits per heavy atom. The van der Waals surface area contributed by atoms with Gasteiger partial charge in [0.1, 0.15) is 16.5 Å². The van der Waals surface area contributed by atoms with Crippen molar-refractivity contribution >= 4 is 38.1 Å². The number of aromatic nitrogens is 2. The Hall–Kier alpha value is -2.88. The molecule has 0 bridgehead atoms. The van der Waals surface area contributed by atoms with E-state index in [1.807, 2.05) is 41.8 Å². The highest BCUT2D eigenvalue weighted by molar-refractivity contribution is 7.89. The summed E-state index contributed by atoms with van der Waals surface area (Å²) in [4.78, 5) is 12.3. The lowest BCUT2D eigenvalue weighted by Crippen LogP contribution is -2.49. The standard InChI is InChI=1S/C22H19FN4O2S2/c23-17-7-2-4-10-20(17)31(28,29)27-13-11-26(12-14-27)22-16-6-1-3-8-18(16)24-21(25-22)19-9-5-15-30-19/h1-10,15H,11-14H2. The van der Waals surface area contributed by atoms with Crippen molar-refractivity contribution in [1.29, 1.82) is 0 Å². The molecule has 0 unspecified atom stereocenters. The first-order valence-corrected chi connectivity index (χ1v) is 12.2. The maximum atomic E-state index is 14.1. The van der Waals surface area contributed by atoms with Crippen molar-refractivity contribution in [2.75, 3.05) is 31.1 Å². The van der Waals surface area contributed by atoms with Crippen LogP contribution in [0.3, 0.4) is 0 Å². The van der Waals surface area contributed by atoms with E-state index in [2.05, 4.69) is 4.90 Å². The van der Waals surface area contributed by atoms with Crippen molar-refractivity contribution in [1.82, 2.24) is 14.3 Å². The van der Waals surface area contributed by atoms with Crippen LogP contribution < -0.4 is 4.90 Å². The van der Waals surface area contributed by atoms with Gasteiger partial charge in [-0.25, -0.2) is 22.8 Å². The SMILES string of the molecule is O=S(=O)(c1ccccc1F)N1CCN(c2nc(-c3cccs3)nc3ccccc23)CC1. The summed E-state index contributed by atoms with van der Waals surface area (Å²) >= 11 is 1.58. The molecule has 5 rings (SSSR count). The minimum absolute atomic E-state index is 0.253. The Morgan fingerprint density at radius 1 is 0.871 bits per heavy atom. The van der Waals surface area contributed by atoms with Gasteiger partial charge in [0.25, 0.3) is 0 Å².